The van der Waals surface area contributed by atoms with Crippen molar-refractivity contribution < 1.29 is 52.2 Å². The van der Waals surface area contributed by atoms with Crippen molar-refractivity contribution in [3.8, 4) is 0 Å². The number of carbonyl (C=O) groups is 3. The average molecular weight is 895 g/mol. The molecule has 0 amide bonds. The van der Waals surface area contributed by atoms with Crippen molar-refractivity contribution in [2.45, 2.75) is 213 Å². The van der Waals surface area contributed by atoms with Crippen molar-refractivity contribution in [2.75, 3.05) is 26.4 Å². The monoisotopic (exact) mass is 895 g/mol. The van der Waals surface area contributed by atoms with E-state index in [1.807, 2.05) is 12.2 Å². The van der Waals surface area contributed by atoms with Gasteiger partial charge in [-0.3, -0.25) is 23.4 Å². The molecule has 0 aromatic carbocycles. The van der Waals surface area contributed by atoms with Crippen molar-refractivity contribution in [1.29, 1.82) is 0 Å². The van der Waals surface area contributed by atoms with E-state index in [0.717, 1.165) is 83.5 Å². The number of rotatable bonds is 44. The van der Waals surface area contributed by atoms with Gasteiger partial charge >= 0.3 is 25.7 Å². The highest BCUT2D eigenvalue weighted by Crippen LogP contribution is 2.43. The summed E-state index contributed by atoms with van der Waals surface area (Å²) in [6.45, 7) is 4.36. The summed E-state index contributed by atoms with van der Waals surface area (Å²) in [4.78, 5) is 48.0. The first-order chi connectivity index (χ1) is 30.2. The fourth-order valence-corrected chi connectivity index (χ4v) is 7.02. The molecular formula is C50H87O11P. The van der Waals surface area contributed by atoms with Gasteiger partial charge in [0.15, 0.2) is 6.10 Å². The van der Waals surface area contributed by atoms with Gasteiger partial charge in [-0.15, -0.1) is 0 Å². The van der Waals surface area contributed by atoms with E-state index < -0.39 is 57.8 Å². The van der Waals surface area contributed by atoms with Crippen LogP contribution in [0.25, 0.3) is 0 Å². The van der Waals surface area contributed by atoms with Gasteiger partial charge < -0.3 is 24.2 Å². The van der Waals surface area contributed by atoms with E-state index >= 15 is 0 Å². The molecule has 0 aromatic heterocycles. The lowest BCUT2D eigenvalue weighted by Crippen LogP contribution is -2.30. The molecule has 0 fully saturated rings. The number of hydrogen-bond donors (Lipinski definition) is 2. The van der Waals surface area contributed by atoms with Gasteiger partial charge in [0.1, 0.15) is 12.7 Å². The molecule has 0 saturated carbocycles. The van der Waals surface area contributed by atoms with Crippen molar-refractivity contribution in [1.82, 2.24) is 0 Å². The van der Waals surface area contributed by atoms with E-state index in [0.29, 0.717) is 19.3 Å². The molecule has 2 N–H and O–H groups in total. The van der Waals surface area contributed by atoms with Crippen LogP contribution in [-0.2, 0) is 42.2 Å². The average Bonchev–Trinajstić information content (AvgIpc) is 3.25. The smallest absolute Gasteiger partial charge is 0.462 e. The molecule has 358 valence electrons. The summed E-state index contributed by atoms with van der Waals surface area (Å²) >= 11 is 0. The van der Waals surface area contributed by atoms with Crippen molar-refractivity contribution in [3.63, 3.8) is 0 Å². The predicted octanol–water partition coefficient (Wildman–Crippen LogP) is 13.2. The molecule has 0 rings (SSSR count). The summed E-state index contributed by atoms with van der Waals surface area (Å²) in [6, 6.07) is 0. The molecule has 0 aromatic rings. The lowest BCUT2D eigenvalue weighted by Gasteiger charge is -2.21. The summed E-state index contributed by atoms with van der Waals surface area (Å²) in [6.07, 6.45) is 45.1. The van der Waals surface area contributed by atoms with Gasteiger partial charge in [-0.25, -0.2) is 4.57 Å². The molecule has 0 spiro atoms. The van der Waals surface area contributed by atoms with Crippen LogP contribution in [0.1, 0.15) is 201 Å². The maximum absolute atomic E-state index is 12.8. The molecular weight excluding hydrogens is 808 g/mol. The lowest BCUT2D eigenvalue weighted by molar-refractivity contribution is -0.161. The van der Waals surface area contributed by atoms with Crippen LogP contribution in [0.5, 0.6) is 0 Å². The van der Waals surface area contributed by atoms with Crippen LogP contribution in [-0.4, -0.2) is 66.5 Å². The van der Waals surface area contributed by atoms with Gasteiger partial charge in [0, 0.05) is 19.3 Å². The summed E-state index contributed by atoms with van der Waals surface area (Å²) in [5.74, 6) is -1.57. The number of unbranched alkanes of at least 4 members (excludes halogenated alkanes) is 17. The number of esters is 3. The van der Waals surface area contributed by atoms with Crippen LogP contribution in [0.2, 0.25) is 0 Å². The van der Waals surface area contributed by atoms with E-state index in [1.165, 1.54) is 57.8 Å². The van der Waals surface area contributed by atoms with Gasteiger partial charge in [-0.2, -0.15) is 0 Å². The molecule has 3 atom stereocenters. The van der Waals surface area contributed by atoms with Crippen LogP contribution < -0.4 is 0 Å². The zero-order valence-electron chi connectivity index (χ0n) is 39.1. The second-order valence-corrected chi connectivity index (χ2v) is 17.3. The maximum atomic E-state index is 12.8. The van der Waals surface area contributed by atoms with Crippen LogP contribution >= 0.6 is 7.82 Å². The van der Waals surface area contributed by atoms with Gasteiger partial charge in [0.2, 0.25) is 0 Å². The van der Waals surface area contributed by atoms with Crippen molar-refractivity contribution in [2.24, 2.45) is 0 Å². The zero-order valence-corrected chi connectivity index (χ0v) is 40.0. The summed E-state index contributed by atoms with van der Waals surface area (Å²) in [5.41, 5.74) is 0. The molecule has 11 nitrogen and oxygen atoms in total. The molecule has 0 saturated heterocycles. The Hall–Kier alpha value is -2.82. The van der Waals surface area contributed by atoms with E-state index in [1.54, 1.807) is 0 Å². The second-order valence-electron chi connectivity index (χ2n) is 15.9. The van der Waals surface area contributed by atoms with Crippen LogP contribution in [0.4, 0.5) is 0 Å². The number of phosphoric ester groups is 1. The van der Waals surface area contributed by atoms with Gasteiger partial charge in [0.25, 0.3) is 0 Å². The van der Waals surface area contributed by atoms with E-state index in [9.17, 15) is 28.9 Å². The molecule has 62 heavy (non-hydrogen) atoms. The van der Waals surface area contributed by atoms with E-state index in [-0.39, 0.29) is 25.9 Å². The number of aliphatic hydroxyl groups excluding tert-OH is 1. The molecule has 0 aliphatic rings. The fraction of sp³-hybridized carbons (Fsp3) is 0.740. The zero-order chi connectivity index (χ0) is 45.6. The molecule has 0 bridgehead atoms. The summed E-state index contributed by atoms with van der Waals surface area (Å²) in [7, 11) is -4.75. The number of aliphatic hydroxyl groups is 1. The molecule has 0 radical (unpaired) electrons. The van der Waals surface area contributed by atoms with Crippen LogP contribution in [0.15, 0.2) is 60.8 Å². The lowest BCUT2D eigenvalue weighted by atomic mass is 10.1. The van der Waals surface area contributed by atoms with Gasteiger partial charge in [-0.05, 0) is 64.2 Å². The highest BCUT2D eigenvalue weighted by atomic mass is 31.2. The Morgan fingerprint density at radius 3 is 1.44 bits per heavy atom. The van der Waals surface area contributed by atoms with E-state index in [4.69, 9.17) is 23.3 Å². The first-order valence-corrected chi connectivity index (χ1v) is 25.7. The number of hydrogen-bond acceptors (Lipinski definition) is 10. The van der Waals surface area contributed by atoms with Gasteiger partial charge in [-0.1, -0.05) is 178 Å². The Kier molecular flexibility index (Phi) is 42.7. The van der Waals surface area contributed by atoms with Crippen molar-refractivity contribution >= 4 is 25.7 Å². The Bertz CT molecular complexity index is 1280. The molecule has 0 aliphatic carbocycles. The Morgan fingerprint density at radius 1 is 0.468 bits per heavy atom. The minimum Gasteiger partial charge on any atom is -0.462 e. The topological polar surface area (TPSA) is 155 Å². The van der Waals surface area contributed by atoms with E-state index in [2.05, 4.69) is 69.4 Å². The fourth-order valence-electron chi connectivity index (χ4n) is 6.23. The SMILES string of the molecule is CC/C=C\C/C=C\C/C=C\C/C=C\CCC(=O)OC(COC(=O)CCCCCCCCCCCCC)COP(=O)(O)OCC(CO)OC(=O)CCCCCCC/C=C\CCCC. The van der Waals surface area contributed by atoms with Crippen LogP contribution in [0.3, 0.4) is 0 Å². The highest BCUT2D eigenvalue weighted by molar-refractivity contribution is 7.47. The number of phosphoric acid groups is 1. The molecule has 0 aliphatic heterocycles. The standard InChI is InChI=1S/C50H87O11P/c1-4-7-10-13-16-19-22-23-26-29-32-35-38-41-50(54)61-47(43-57-48(52)39-36-33-30-27-24-20-17-14-11-8-5-2)45-59-62(55,56)58-44-46(42-51)60-49(53)40-37-34-31-28-25-21-18-15-12-9-6-3/h7,10,15-16,18-19,23,26,32,35,46-47,51H,4-6,8-9,11-14,17,20-22,24-25,27-31,33-34,36-45H2,1-3H3,(H,55,56)/b10-7-,18-15-,19-16-,26-23-,35-32-. The maximum Gasteiger partial charge on any atom is 0.472 e. The minimum atomic E-state index is -4.75. The molecule has 3 unspecified atom stereocenters. The molecule has 0 heterocycles. The van der Waals surface area contributed by atoms with Crippen molar-refractivity contribution in [3.05, 3.63) is 60.8 Å². The second kappa shape index (κ2) is 44.8. The Balaban J connectivity index is 4.85. The summed E-state index contributed by atoms with van der Waals surface area (Å²) in [5, 5.41) is 9.73. The normalized spacial score (nSPS) is 14.1. The largest absolute Gasteiger partial charge is 0.472 e. The number of ether oxygens (including phenoxy) is 3. The summed E-state index contributed by atoms with van der Waals surface area (Å²) < 4.78 is 39.1. The van der Waals surface area contributed by atoms with Crippen LogP contribution in [0, 0.1) is 0 Å². The third-order valence-corrected chi connectivity index (χ3v) is 10.9. The Labute approximate surface area is 376 Å². The number of carbonyl (C=O) groups excluding carboxylic acids is 3. The quantitative estimate of drug-likeness (QED) is 0.0197. The molecule has 12 heteroatoms. The predicted molar refractivity (Wildman–Crippen MR) is 252 cm³/mol. The first-order valence-electron chi connectivity index (χ1n) is 24.2. The first kappa shape index (κ1) is 59.2. The Morgan fingerprint density at radius 2 is 0.887 bits per heavy atom. The van der Waals surface area contributed by atoms with Gasteiger partial charge in [0.05, 0.1) is 19.8 Å². The third-order valence-electron chi connectivity index (χ3n) is 9.94. The highest BCUT2D eigenvalue weighted by Gasteiger charge is 2.28. The third kappa shape index (κ3) is 42.5. The minimum absolute atomic E-state index is 0.0467. The number of allylic oxidation sites excluding steroid dienone is 10.